The van der Waals surface area contributed by atoms with E-state index in [0.717, 1.165) is 5.69 Å². The molecule has 1 spiro atoms. The summed E-state index contributed by atoms with van der Waals surface area (Å²) in [4.78, 5) is 37.1. The Kier molecular flexibility index (Phi) is 2.25. The van der Waals surface area contributed by atoms with Crippen molar-refractivity contribution in [2.75, 3.05) is 23.8 Å². The van der Waals surface area contributed by atoms with E-state index in [-0.39, 0.29) is 6.54 Å². The SMILES string of the molecule is CN1CC2(Nc3ccccc31)C(=O)NC(=O)NC2=O. The summed E-state index contributed by atoms with van der Waals surface area (Å²) in [5.41, 5.74) is 0.0957. The van der Waals surface area contributed by atoms with Gasteiger partial charge in [-0.15, -0.1) is 0 Å². The van der Waals surface area contributed by atoms with Crippen LogP contribution in [0.5, 0.6) is 0 Å². The van der Waals surface area contributed by atoms with Crippen LogP contribution in [0.3, 0.4) is 0 Å². The van der Waals surface area contributed by atoms with Crippen molar-refractivity contribution in [2.24, 2.45) is 0 Å². The highest BCUT2D eigenvalue weighted by Gasteiger charge is 2.53. The maximum Gasteiger partial charge on any atom is 0.328 e. The van der Waals surface area contributed by atoms with Crippen molar-refractivity contribution in [1.82, 2.24) is 10.6 Å². The highest BCUT2D eigenvalue weighted by atomic mass is 16.2. The van der Waals surface area contributed by atoms with E-state index >= 15 is 0 Å². The third kappa shape index (κ3) is 1.55. The molecule has 0 atom stereocenters. The van der Waals surface area contributed by atoms with Crippen molar-refractivity contribution in [3.63, 3.8) is 0 Å². The van der Waals surface area contributed by atoms with Gasteiger partial charge in [-0.25, -0.2) is 4.79 Å². The smallest absolute Gasteiger partial charge is 0.328 e. The quantitative estimate of drug-likeness (QED) is 0.555. The molecule has 0 saturated carbocycles. The van der Waals surface area contributed by atoms with Crippen LogP contribution in [0.25, 0.3) is 0 Å². The van der Waals surface area contributed by atoms with Gasteiger partial charge < -0.3 is 10.2 Å². The molecule has 7 nitrogen and oxygen atoms in total. The van der Waals surface area contributed by atoms with E-state index in [1.54, 1.807) is 18.0 Å². The summed E-state index contributed by atoms with van der Waals surface area (Å²) in [6.07, 6.45) is 0. The number of carbonyl (C=O) groups excluding carboxylic acids is 3. The average Bonchev–Trinajstić information content (AvgIpc) is 2.36. The minimum Gasteiger partial charge on any atom is -0.369 e. The molecule has 0 radical (unpaired) electrons. The lowest BCUT2D eigenvalue weighted by Crippen LogP contribution is -2.74. The summed E-state index contributed by atoms with van der Waals surface area (Å²) in [5, 5.41) is 7.19. The fourth-order valence-electron chi connectivity index (χ4n) is 2.43. The number of fused-ring (bicyclic) bond motifs is 1. The normalized spacial score (nSPS) is 20.5. The molecule has 0 bridgehead atoms. The predicted octanol–water partition coefficient (Wildman–Crippen LogP) is -0.347. The number of anilines is 2. The molecule has 2 heterocycles. The Bertz CT molecular complexity index is 578. The number of likely N-dealkylation sites (N-methyl/N-ethyl adjacent to an activating group) is 1. The van der Waals surface area contributed by atoms with Gasteiger partial charge in [-0.3, -0.25) is 20.2 Å². The zero-order valence-electron chi connectivity index (χ0n) is 10.2. The molecule has 3 N–H and O–H groups in total. The molecule has 1 aromatic rings. The van der Waals surface area contributed by atoms with Gasteiger partial charge in [0.25, 0.3) is 11.8 Å². The van der Waals surface area contributed by atoms with E-state index in [4.69, 9.17) is 0 Å². The molecule has 0 aromatic heterocycles. The van der Waals surface area contributed by atoms with Crippen LogP contribution in [-0.2, 0) is 9.59 Å². The first-order chi connectivity index (χ1) is 9.03. The Morgan fingerprint density at radius 2 is 1.74 bits per heavy atom. The second-order valence-corrected chi connectivity index (χ2v) is 4.64. The Balaban J connectivity index is 2.06. The molecule has 2 aliphatic heterocycles. The molecule has 1 fully saturated rings. The topological polar surface area (TPSA) is 90.5 Å². The van der Waals surface area contributed by atoms with Crippen molar-refractivity contribution in [1.29, 1.82) is 0 Å². The molecule has 4 amide bonds. The second-order valence-electron chi connectivity index (χ2n) is 4.64. The Labute approximate surface area is 109 Å². The van der Waals surface area contributed by atoms with Gasteiger partial charge in [-0.1, -0.05) is 12.1 Å². The maximum absolute atomic E-state index is 12.1. The van der Waals surface area contributed by atoms with Crippen molar-refractivity contribution < 1.29 is 14.4 Å². The van der Waals surface area contributed by atoms with E-state index in [9.17, 15) is 14.4 Å². The first-order valence-corrected chi connectivity index (χ1v) is 5.78. The van der Waals surface area contributed by atoms with E-state index in [2.05, 4.69) is 16.0 Å². The molecule has 1 saturated heterocycles. The summed E-state index contributed by atoms with van der Waals surface area (Å²) in [6, 6.07) is 6.56. The molecule has 3 rings (SSSR count). The van der Waals surface area contributed by atoms with Crippen LogP contribution in [-0.4, -0.2) is 37.0 Å². The molecule has 98 valence electrons. The van der Waals surface area contributed by atoms with Gasteiger partial charge >= 0.3 is 6.03 Å². The molecule has 0 aliphatic carbocycles. The van der Waals surface area contributed by atoms with Gasteiger partial charge in [-0.2, -0.15) is 0 Å². The zero-order valence-corrected chi connectivity index (χ0v) is 10.2. The third-order valence-electron chi connectivity index (χ3n) is 3.37. The number of benzene rings is 1. The maximum atomic E-state index is 12.1. The molecule has 7 heteroatoms. The lowest BCUT2D eigenvalue weighted by molar-refractivity contribution is -0.136. The molecular weight excluding hydrogens is 248 g/mol. The lowest BCUT2D eigenvalue weighted by Gasteiger charge is -2.43. The van der Waals surface area contributed by atoms with Crippen LogP contribution in [0.15, 0.2) is 24.3 Å². The number of barbiturate groups is 1. The summed E-state index contributed by atoms with van der Waals surface area (Å²) in [7, 11) is 1.79. The first kappa shape index (κ1) is 11.5. The van der Waals surface area contributed by atoms with Crippen LogP contribution >= 0.6 is 0 Å². The number of para-hydroxylation sites is 2. The average molecular weight is 260 g/mol. The van der Waals surface area contributed by atoms with Gasteiger partial charge in [0, 0.05) is 7.05 Å². The molecular formula is C12H12N4O3. The van der Waals surface area contributed by atoms with E-state index in [0.29, 0.717) is 5.69 Å². The van der Waals surface area contributed by atoms with Crippen molar-refractivity contribution >= 4 is 29.2 Å². The largest absolute Gasteiger partial charge is 0.369 e. The number of nitrogens with zero attached hydrogens (tertiary/aromatic N) is 1. The minimum absolute atomic E-state index is 0.148. The number of hydrogen-bond acceptors (Lipinski definition) is 5. The number of rotatable bonds is 0. The van der Waals surface area contributed by atoms with E-state index in [1.807, 2.05) is 18.2 Å². The number of carbonyl (C=O) groups is 3. The van der Waals surface area contributed by atoms with Gasteiger partial charge in [0.1, 0.15) is 0 Å². The third-order valence-corrected chi connectivity index (χ3v) is 3.37. The summed E-state index contributed by atoms with van der Waals surface area (Å²) in [6.45, 7) is 0.148. The van der Waals surface area contributed by atoms with Crippen molar-refractivity contribution in [3.8, 4) is 0 Å². The number of urea groups is 1. The monoisotopic (exact) mass is 260 g/mol. The highest BCUT2D eigenvalue weighted by molar-refractivity contribution is 6.25. The fraction of sp³-hybridized carbons (Fsp3) is 0.250. The Morgan fingerprint density at radius 1 is 1.11 bits per heavy atom. The van der Waals surface area contributed by atoms with Crippen LogP contribution in [0.1, 0.15) is 0 Å². The summed E-state index contributed by atoms with van der Waals surface area (Å²) < 4.78 is 0. The molecule has 19 heavy (non-hydrogen) atoms. The van der Waals surface area contributed by atoms with Gasteiger partial charge in [-0.05, 0) is 12.1 Å². The molecule has 2 aliphatic rings. The van der Waals surface area contributed by atoms with Crippen LogP contribution in [0, 0.1) is 0 Å². The second kappa shape index (κ2) is 3.71. The Hall–Kier alpha value is -2.57. The Morgan fingerprint density at radius 3 is 2.42 bits per heavy atom. The predicted molar refractivity (Wildman–Crippen MR) is 67.7 cm³/mol. The standard InChI is InChI=1S/C12H12N4O3/c1-16-6-12(9(17)13-11(19)14-10(12)18)15-7-4-2-3-5-8(7)16/h2-5,15H,6H2,1H3,(H2,13,14,17,18,19). The molecule has 0 unspecified atom stereocenters. The first-order valence-electron chi connectivity index (χ1n) is 5.78. The minimum atomic E-state index is -1.48. The van der Waals surface area contributed by atoms with Crippen LogP contribution in [0.2, 0.25) is 0 Å². The molecule has 1 aromatic carbocycles. The van der Waals surface area contributed by atoms with Gasteiger partial charge in [0.05, 0.1) is 17.9 Å². The number of hydrogen-bond donors (Lipinski definition) is 3. The zero-order chi connectivity index (χ0) is 13.6. The lowest BCUT2D eigenvalue weighted by atomic mass is 9.91. The van der Waals surface area contributed by atoms with Gasteiger partial charge in [0.15, 0.2) is 0 Å². The fourth-order valence-corrected chi connectivity index (χ4v) is 2.43. The summed E-state index contributed by atoms with van der Waals surface area (Å²) >= 11 is 0. The number of nitrogens with one attached hydrogen (secondary N) is 3. The highest BCUT2D eigenvalue weighted by Crippen LogP contribution is 2.34. The van der Waals surface area contributed by atoms with Gasteiger partial charge in [0.2, 0.25) is 5.54 Å². The van der Waals surface area contributed by atoms with Crippen LogP contribution < -0.4 is 20.9 Å². The van der Waals surface area contributed by atoms with E-state index in [1.165, 1.54) is 0 Å². The van der Waals surface area contributed by atoms with Crippen molar-refractivity contribution in [2.45, 2.75) is 5.54 Å². The van der Waals surface area contributed by atoms with Crippen molar-refractivity contribution in [3.05, 3.63) is 24.3 Å². The number of amides is 4. The number of imide groups is 2. The van der Waals surface area contributed by atoms with Crippen LogP contribution in [0.4, 0.5) is 16.2 Å². The van der Waals surface area contributed by atoms with E-state index < -0.39 is 23.4 Å². The summed E-state index contributed by atoms with van der Waals surface area (Å²) in [5.74, 6) is -1.27.